The van der Waals surface area contributed by atoms with Crippen molar-refractivity contribution in [1.29, 1.82) is 0 Å². The average molecular weight is 325 g/mol. The van der Waals surface area contributed by atoms with Gasteiger partial charge in [0.1, 0.15) is 6.26 Å². The molecule has 0 aliphatic heterocycles. The minimum Gasteiger partial charge on any atom is -0.476 e. The number of carbonyl (C=O) groups is 1. The Morgan fingerprint density at radius 3 is 1.48 bits per heavy atom. The zero-order chi connectivity index (χ0) is 17.2. The van der Waals surface area contributed by atoms with E-state index in [4.69, 9.17) is 5.11 Å². The van der Waals surface area contributed by atoms with Crippen molar-refractivity contribution in [3.63, 3.8) is 0 Å². The van der Waals surface area contributed by atoms with E-state index in [2.05, 4.69) is 23.5 Å². The van der Waals surface area contributed by atoms with Gasteiger partial charge in [-0.25, -0.2) is 4.79 Å². The minimum absolute atomic E-state index is 0.0648. The quantitative estimate of drug-likeness (QED) is 0.422. The van der Waals surface area contributed by atoms with Crippen molar-refractivity contribution in [2.75, 3.05) is 0 Å². The standard InChI is InChI=1S/C15H32.C4H3NO3/c1-3-5-7-9-11-13-15-14-12-10-8-6-4-2;6-4(7)3-1-2-8-5-3/h3-15H2,1-2H3;1-2H,(H,6,7). The van der Waals surface area contributed by atoms with Crippen LogP contribution in [0.3, 0.4) is 0 Å². The molecule has 0 unspecified atom stereocenters. The van der Waals surface area contributed by atoms with Gasteiger partial charge in [0, 0.05) is 6.07 Å². The summed E-state index contributed by atoms with van der Waals surface area (Å²) < 4.78 is 4.24. The predicted molar refractivity (Wildman–Crippen MR) is 94.8 cm³/mol. The van der Waals surface area contributed by atoms with Gasteiger partial charge in [-0.15, -0.1) is 0 Å². The number of rotatable bonds is 13. The molecule has 0 aromatic carbocycles. The Bertz CT molecular complexity index is 338. The molecule has 0 saturated heterocycles. The molecule has 0 radical (unpaired) electrons. The van der Waals surface area contributed by atoms with Crippen LogP contribution in [0.25, 0.3) is 0 Å². The maximum Gasteiger partial charge on any atom is 0.358 e. The van der Waals surface area contributed by atoms with Crippen LogP contribution >= 0.6 is 0 Å². The zero-order valence-electron chi connectivity index (χ0n) is 15.1. The Morgan fingerprint density at radius 1 is 0.870 bits per heavy atom. The van der Waals surface area contributed by atoms with Crippen molar-refractivity contribution in [3.8, 4) is 0 Å². The molecule has 1 rings (SSSR count). The van der Waals surface area contributed by atoms with Gasteiger partial charge in [0.2, 0.25) is 0 Å². The molecule has 4 heteroatoms. The summed E-state index contributed by atoms with van der Waals surface area (Å²) in [5.74, 6) is -1.07. The molecule has 1 aromatic rings. The van der Waals surface area contributed by atoms with Crippen LogP contribution in [0.4, 0.5) is 0 Å². The second-order valence-electron chi connectivity index (χ2n) is 6.08. The van der Waals surface area contributed by atoms with Crippen LogP contribution < -0.4 is 0 Å². The topological polar surface area (TPSA) is 63.3 Å². The first-order chi connectivity index (χ1) is 11.2. The number of hydrogen-bond donors (Lipinski definition) is 1. The monoisotopic (exact) mass is 325 g/mol. The van der Waals surface area contributed by atoms with E-state index in [-0.39, 0.29) is 5.69 Å². The van der Waals surface area contributed by atoms with Crippen molar-refractivity contribution < 1.29 is 14.4 Å². The molecule has 0 saturated carbocycles. The molecular formula is C19H35NO3. The van der Waals surface area contributed by atoms with Gasteiger partial charge in [-0.2, -0.15) is 0 Å². The van der Waals surface area contributed by atoms with E-state index in [0.29, 0.717) is 0 Å². The summed E-state index contributed by atoms with van der Waals surface area (Å²) in [4.78, 5) is 9.94. The predicted octanol–water partition coefficient (Wildman–Crippen LogP) is 6.47. The summed E-state index contributed by atoms with van der Waals surface area (Å²) in [6, 6.07) is 1.28. The fourth-order valence-corrected chi connectivity index (χ4v) is 2.41. The lowest BCUT2D eigenvalue weighted by molar-refractivity contribution is 0.0685. The summed E-state index contributed by atoms with van der Waals surface area (Å²) in [6.45, 7) is 4.58. The number of aromatic carboxylic acids is 1. The number of carboxylic acids is 1. The number of aromatic nitrogens is 1. The first-order valence-corrected chi connectivity index (χ1v) is 9.36. The molecule has 23 heavy (non-hydrogen) atoms. The van der Waals surface area contributed by atoms with Crippen LogP contribution in [0.2, 0.25) is 0 Å². The van der Waals surface area contributed by atoms with E-state index in [1.807, 2.05) is 0 Å². The largest absolute Gasteiger partial charge is 0.476 e. The van der Waals surface area contributed by atoms with Crippen molar-refractivity contribution in [1.82, 2.24) is 5.16 Å². The van der Waals surface area contributed by atoms with Gasteiger partial charge >= 0.3 is 5.97 Å². The molecule has 1 heterocycles. The SMILES string of the molecule is CCCCCCCCCCCCCCC.O=C(O)c1ccon1. The third-order valence-corrected chi connectivity index (χ3v) is 3.86. The molecule has 0 aliphatic carbocycles. The Labute approximate surface area is 141 Å². The number of hydrogen-bond acceptors (Lipinski definition) is 3. The lowest BCUT2D eigenvalue weighted by atomic mass is 10.1. The highest BCUT2D eigenvalue weighted by atomic mass is 16.5. The van der Waals surface area contributed by atoms with Gasteiger partial charge in [-0.05, 0) is 0 Å². The summed E-state index contributed by atoms with van der Waals surface area (Å²) in [6.07, 6.45) is 20.1. The Hall–Kier alpha value is -1.32. The third-order valence-electron chi connectivity index (χ3n) is 3.86. The molecule has 0 atom stereocenters. The molecule has 1 N–H and O–H groups in total. The van der Waals surface area contributed by atoms with Gasteiger partial charge in [0.15, 0.2) is 5.69 Å². The molecule has 0 aliphatic rings. The summed E-state index contributed by atoms with van der Waals surface area (Å²) >= 11 is 0. The van der Waals surface area contributed by atoms with E-state index < -0.39 is 5.97 Å². The third kappa shape index (κ3) is 15.4. The fraction of sp³-hybridized carbons (Fsp3) is 0.789. The average Bonchev–Trinajstić information content (AvgIpc) is 3.08. The van der Waals surface area contributed by atoms with Crippen LogP contribution in [0.5, 0.6) is 0 Å². The first kappa shape index (κ1) is 21.7. The maximum atomic E-state index is 9.94. The Balaban J connectivity index is 0.000000502. The first-order valence-electron chi connectivity index (χ1n) is 9.36. The summed E-state index contributed by atoms with van der Waals surface area (Å²) in [7, 11) is 0. The number of nitrogens with zero attached hydrogens (tertiary/aromatic N) is 1. The van der Waals surface area contributed by atoms with Gasteiger partial charge in [-0.1, -0.05) is 102 Å². The van der Waals surface area contributed by atoms with Gasteiger partial charge in [-0.3, -0.25) is 0 Å². The molecule has 0 amide bonds. The zero-order valence-corrected chi connectivity index (χ0v) is 15.1. The Morgan fingerprint density at radius 2 is 1.26 bits per heavy atom. The number of carboxylic acid groups (broad SMARTS) is 1. The van der Waals surface area contributed by atoms with Crippen molar-refractivity contribution in [2.24, 2.45) is 0 Å². The van der Waals surface area contributed by atoms with Crippen LogP contribution in [-0.2, 0) is 0 Å². The normalized spacial score (nSPS) is 10.2. The van der Waals surface area contributed by atoms with E-state index in [1.165, 1.54) is 95.8 Å². The highest BCUT2D eigenvalue weighted by molar-refractivity contribution is 5.84. The highest BCUT2D eigenvalue weighted by Gasteiger charge is 2.02. The van der Waals surface area contributed by atoms with Crippen molar-refractivity contribution in [2.45, 2.75) is 97.3 Å². The van der Waals surface area contributed by atoms with E-state index in [1.54, 1.807) is 0 Å². The second-order valence-corrected chi connectivity index (χ2v) is 6.08. The molecular weight excluding hydrogens is 290 g/mol. The minimum atomic E-state index is -1.07. The Kier molecular flexibility index (Phi) is 16.1. The van der Waals surface area contributed by atoms with Crippen LogP contribution in [0, 0.1) is 0 Å². The van der Waals surface area contributed by atoms with Gasteiger partial charge in [0.25, 0.3) is 0 Å². The van der Waals surface area contributed by atoms with E-state index in [0.717, 1.165) is 0 Å². The maximum absolute atomic E-state index is 9.94. The fourth-order valence-electron chi connectivity index (χ4n) is 2.41. The summed E-state index contributed by atoms with van der Waals surface area (Å²) in [5, 5.41) is 11.3. The molecule has 134 valence electrons. The molecule has 0 bridgehead atoms. The molecule has 0 fully saturated rings. The number of unbranched alkanes of at least 4 members (excludes halogenated alkanes) is 12. The second kappa shape index (κ2) is 17.0. The van der Waals surface area contributed by atoms with Crippen molar-refractivity contribution >= 4 is 5.97 Å². The molecule has 1 aromatic heterocycles. The van der Waals surface area contributed by atoms with Crippen LogP contribution in [0.15, 0.2) is 16.9 Å². The van der Waals surface area contributed by atoms with Crippen LogP contribution in [0.1, 0.15) is 108 Å². The van der Waals surface area contributed by atoms with Crippen molar-refractivity contribution in [3.05, 3.63) is 18.0 Å². The van der Waals surface area contributed by atoms with Crippen LogP contribution in [-0.4, -0.2) is 16.2 Å². The van der Waals surface area contributed by atoms with Gasteiger partial charge < -0.3 is 9.63 Å². The lowest BCUT2D eigenvalue weighted by Crippen LogP contribution is -1.94. The molecule has 4 nitrogen and oxygen atoms in total. The van der Waals surface area contributed by atoms with Gasteiger partial charge in [0.05, 0.1) is 0 Å². The van der Waals surface area contributed by atoms with E-state index >= 15 is 0 Å². The lowest BCUT2D eigenvalue weighted by Gasteiger charge is -2.01. The highest BCUT2D eigenvalue weighted by Crippen LogP contribution is 2.12. The smallest absolute Gasteiger partial charge is 0.358 e. The van der Waals surface area contributed by atoms with E-state index in [9.17, 15) is 4.79 Å². The molecule has 0 spiro atoms. The summed E-state index contributed by atoms with van der Waals surface area (Å²) in [5.41, 5.74) is -0.0648.